The summed E-state index contributed by atoms with van der Waals surface area (Å²) in [4.78, 5) is 10.0. The van der Waals surface area contributed by atoms with Gasteiger partial charge in [0, 0.05) is 7.05 Å². The first-order chi connectivity index (χ1) is 10.1. The number of alkyl halides is 3. The maximum absolute atomic E-state index is 13.1. The van der Waals surface area contributed by atoms with E-state index in [1.165, 1.54) is 0 Å². The first-order valence-corrected chi connectivity index (χ1v) is 6.71. The van der Waals surface area contributed by atoms with E-state index in [0.29, 0.717) is 4.31 Å². The summed E-state index contributed by atoms with van der Waals surface area (Å²) in [6.07, 6.45) is -4.72. The highest BCUT2D eigenvalue weighted by Crippen LogP contribution is 2.39. The van der Waals surface area contributed by atoms with Crippen molar-refractivity contribution in [3.63, 3.8) is 0 Å². The highest BCUT2D eigenvalue weighted by molar-refractivity contribution is 7.80. The summed E-state index contributed by atoms with van der Waals surface area (Å²) in [6.45, 7) is 0. The van der Waals surface area contributed by atoms with Crippen LogP contribution in [0.25, 0.3) is 11.0 Å². The second-order valence-electron chi connectivity index (χ2n) is 4.21. The van der Waals surface area contributed by atoms with Crippen LogP contribution in [0.5, 0.6) is 0 Å². The maximum atomic E-state index is 13.1. The highest BCUT2D eigenvalue weighted by Gasteiger charge is 2.36. The Hall–Kier alpha value is -2.34. The van der Waals surface area contributed by atoms with Crippen LogP contribution in [0.1, 0.15) is 5.56 Å². The third kappa shape index (κ3) is 3.12. The number of nitrogens with zero attached hydrogens (tertiary/aromatic N) is 3. The standard InChI is InChI=1S/C10H11F3N6O2S/c1-19(22(20)21)7-3-6-5(2-4(7)10(11,12)13)16-9(17-6)18-8(14)15/h2-3H,1H3,(H,20,21)(H5,14,15,16,17,18). The number of H-pyrrole nitrogens is 1. The minimum Gasteiger partial charge on any atom is -0.370 e. The van der Waals surface area contributed by atoms with Crippen molar-refractivity contribution in [3.05, 3.63) is 17.7 Å². The average molecular weight is 336 g/mol. The van der Waals surface area contributed by atoms with Crippen molar-refractivity contribution in [1.82, 2.24) is 9.97 Å². The number of aromatic amines is 1. The third-order valence-electron chi connectivity index (χ3n) is 2.70. The van der Waals surface area contributed by atoms with Crippen molar-refractivity contribution in [1.29, 1.82) is 0 Å². The Labute approximate surface area is 124 Å². The molecule has 12 heteroatoms. The van der Waals surface area contributed by atoms with Crippen LogP contribution >= 0.6 is 0 Å². The second-order valence-corrected chi connectivity index (χ2v) is 5.22. The fraction of sp³-hybridized carbons (Fsp3) is 0.200. The number of anilines is 1. The van der Waals surface area contributed by atoms with E-state index in [9.17, 15) is 17.4 Å². The molecule has 0 aliphatic carbocycles. The van der Waals surface area contributed by atoms with Gasteiger partial charge in [0.05, 0.1) is 22.3 Å². The first-order valence-electron chi connectivity index (χ1n) is 5.65. The summed E-state index contributed by atoms with van der Waals surface area (Å²) >= 11 is -2.62. The predicted molar refractivity (Wildman–Crippen MR) is 75.7 cm³/mol. The number of aromatic nitrogens is 2. The topological polar surface area (TPSA) is 134 Å². The van der Waals surface area contributed by atoms with E-state index in [1.807, 2.05) is 0 Å². The largest absolute Gasteiger partial charge is 0.418 e. The van der Waals surface area contributed by atoms with Gasteiger partial charge in [-0.25, -0.2) is 9.19 Å². The Morgan fingerprint density at radius 3 is 2.59 bits per heavy atom. The lowest BCUT2D eigenvalue weighted by Crippen LogP contribution is -2.23. The van der Waals surface area contributed by atoms with E-state index in [2.05, 4.69) is 15.0 Å². The minimum absolute atomic E-state index is 0.0354. The monoisotopic (exact) mass is 336 g/mol. The molecular weight excluding hydrogens is 325 g/mol. The number of hydrogen-bond acceptors (Lipinski definition) is 3. The molecule has 1 unspecified atom stereocenters. The number of nitrogens with one attached hydrogen (secondary N) is 1. The van der Waals surface area contributed by atoms with Gasteiger partial charge >= 0.3 is 6.18 Å². The van der Waals surface area contributed by atoms with Crippen molar-refractivity contribution in [2.75, 3.05) is 11.4 Å². The molecule has 0 bridgehead atoms. The van der Waals surface area contributed by atoms with Gasteiger partial charge in [0.1, 0.15) is 0 Å². The molecule has 2 aromatic rings. The normalized spacial score (nSPS) is 13.1. The molecule has 1 aromatic carbocycles. The number of benzene rings is 1. The average Bonchev–Trinajstić information content (AvgIpc) is 2.75. The van der Waals surface area contributed by atoms with Gasteiger partial charge in [-0.15, -0.1) is 0 Å². The molecule has 22 heavy (non-hydrogen) atoms. The molecule has 0 saturated carbocycles. The van der Waals surface area contributed by atoms with Crippen LogP contribution in [-0.4, -0.2) is 31.7 Å². The Balaban J connectivity index is 2.71. The summed E-state index contributed by atoms with van der Waals surface area (Å²) < 4.78 is 60.0. The molecule has 0 amide bonds. The van der Waals surface area contributed by atoms with Crippen molar-refractivity contribution in [2.45, 2.75) is 6.18 Å². The summed E-state index contributed by atoms with van der Waals surface area (Å²) in [6, 6.07) is 1.79. The summed E-state index contributed by atoms with van der Waals surface area (Å²) in [5, 5.41) is 0. The molecule has 8 nitrogen and oxygen atoms in total. The summed E-state index contributed by atoms with van der Waals surface area (Å²) in [5.41, 5.74) is 8.90. The van der Waals surface area contributed by atoms with Crippen molar-refractivity contribution >= 4 is 39.9 Å². The quantitative estimate of drug-likeness (QED) is 0.378. The number of fused-ring (bicyclic) bond motifs is 1. The number of guanidine groups is 1. The molecule has 0 saturated heterocycles. The van der Waals surface area contributed by atoms with Gasteiger partial charge in [-0.3, -0.25) is 8.86 Å². The predicted octanol–water partition coefficient (Wildman–Crippen LogP) is 1.06. The van der Waals surface area contributed by atoms with Gasteiger partial charge in [0.15, 0.2) is 5.96 Å². The second kappa shape index (κ2) is 5.46. The molecule has 0 aliphatic heterocycles. The maximum Gasteiger partial charge on any atom is 0.418 e. The molecule has 6 N–H and O–H groups in total. The zero-order valence-electron chi connectivity index (χ0n) is 11.0. The molecule has 1 aromatic heterocycles. The molecular formula is C10H11F3N6O2S. The zero-order chi connectivity index (χ0) is 16.7. The molecule has 0 radical (unpaired) electrons. The van der Waals surface area contributed by atoms with Gasteiger partial charge in [0.2, 0.25) is 5.95 Å². The molecule has 0 fully saturated rings. The smallest absolute Gasteiger partial charge is 0.370 e. The van der Waals surface area contributed by atoms with E-state index in [1.54, 1.807) is 0 Å². The zero-order valence-corrected chi connectivity index (χ0v) is 11.9. The third-order valence-corrected chi connectivity index (χ3v) is 3.37. The van der Waals surface area contributed by atoms with Gasteiger partial charge in [-0.05, 0) is 12.1 Å². The number of aliphatic imine (C=N–C) groups is 1. The first kappa shape index (κ1) is 16.0. The van der Waals surface area contributed by atoms with E-state index >= 15 is 0 Å². The number of nitrogens with two attached hydrogens (primary N) is 2. The molecule has 1 atom stereocenters. The van der Waals surface area contributed by atoms with Gasteiger partial charge in [-0.1, -0.05) is 0 Å². The fourth-order valence-electron chi connectivity index (χ4n) is 1.78. The van der Waals surface area contributed by atoms with E-state index in [4.69, 9.17) is 16.0 Å². The Morgan fingerprint density at radius 2 is 2.09 bits per heavy atom. The lowest BCUT2D eigenvalue weighted by Gasteiger charge is -2.19. The van der Waals surface area contributed by atoms with Crippen LogP contribution in [0.4, 0.5) is 24.8 Å². The number of hydrogen-bond donors (Lipinski definition) is 4. The van der Waals surface area contributed by atoms with Crippen molar-refractivity contribution < 1.29 is 21.9 Å². The molecule has 0 spiro atoms. The van der Waals surface area contributed by atoms with Crippen LogP contribution in [-0.2, 0) is 17.4 Å². The molecule has 1 heterocycles. The van der Waals surface area contributed by atoms with Crippen LogP contribution in [0.3, 0.4) is 0 Å². The van der Waals surface area contributed by atoms with E-state index in [0.717, 1.165) is 19.2 Å². The summed E-state index contributed by atoms with van der Waals surface area (Å²) in [5.74, 6) is -0.392. The van der Waals surface area contributed by atoms with Crippen LogP contribution in [0.2, 0.25) is 0 Å². The van der Waals surface area contributed by atoms with Crippen LogP contribution in [0, 0.1) is 0 Å². The molecule has 2 rings (SSSR count). The minimum atomic E-state index is -4.72. The lowest BCUT2D eigenvalue weighted by molar-refractivity contribution is -0.136. The van der Waals surface area contributed by atoms with E-state index < -0.39 is 28.7 Å². The van der Waals surface area contributed by atoms with E-state index in [-0.39, 0.29) is 22.9 Å². The molecule has 120 valence electrons. The van der Waals surface area contributed by atoms with Crippen LogP contribution in [0.15, 0.2) is 17.1 Å². The van der Waals surface area contributed by atoms with Crippen molar-refractivity contribution in [3.8, 4) is 0 Å². The lowest BCUT2D eigenvalue weighted by atomic mass is 10.1. The molecule has 0 aliphatic rings. The highest BCUT2D eigenvalue weighted by atomic mass is 32.2. The number of halogens is 3. The van der Waals surface area contributed by atoms with Gasteiger partial charge in [-0.2, -0.15) is 18.2 Å². The SMILES string of the molecule is CN(c1cc2nc(N=C(N)N)[nH]c2cc1C(F)(F)F)S(=O)O. The van der Waals surface area contributed by atoms with Crippen LogP contribution < -0.4 is 15.8 Å². The number of imidazole rings is 1. The Morgan fingerprint density at radius 1 is 1.45 bits per heavy atom. The van der Waals surface area contributed by atoms with Crippen molar-refractivity contribution in [2.24, 2.45) is 16.5 Å². The summed E-state index contributed by atoms with van der Waals surface area (Å²) in [7, 11) is 1.05. The van der Waals surface area contributed by atoms with Gasteiger partial charge < -0.3 is 16.5 Å². The van der Waals surface area contributed by atoms with Gasteiger partial charge in [0.25, 0.3) is 11.3 Å². The Bertz CT molecular complexity index is 768. The Kier molecular flexibility index (Phi) is 3.98. The fourth-order valence-corrected chi connectivity index (χ4v) is 2.10. The number of rotatable bonds is 3.